The van der Waals surface area contributed by atoms with Crippen molar-refractivity contribution in [1.29, 1.82) is 0 Å². The Morgan fingerprint density at radius 1 is 1.67 bits per heavy atom. The highest BCUT2D eigenvalue weighted by Crippen LogP contribution is 2.14. The molecule has 0 saturated carbocycles. The summed E-state index contributed by atoms with van der Waals surface area (Å²) in [6, 6.07) is 3.39. The highest BCUT2D eigenvalue weighted by atomic mass is 35.5. The molecule has 2 nitrogen and oxygen atoms in total. The molecule has 1 heterocycles. The third-order valence-corrected chi connectivity index (χ3v) is 1.80. The van der Waals surface area contributed by atoms with Crippen LogP contribution in [-0.2, 0) is 0 Å². The Kier molecular flexibility index (Phi) is 3.23. The smallest absolute Gasteiger partial charge is 0.182 e. The molecule has 12 heavy (non-hydrogen) atoms. The molecule has 1 rings (SSSR count). The average Bonchev–Trinajstić information content (AvgIpc) is 2.05. The molecule has 1 aromatic rings. The van der Waals surface area contributed by atoms with Gasteiger partial charge in [-0.1, -0.05) is 18.5 Å². The molecule has 0 bridgehead atoms. The van der Waals surface area contributed by atoms with Crippen LogP contribution in [0.5, 0.6) is 0 Å². The van der Waals surface area contributed by atoms with Gasteiger partial charge in [-0.15, -0.1) is 0 Å². The van der Waals surface area contributed by atoms with E-state index in [4.69, 9.17) is 11.6 Å². The summed E-state index contributed by atoms with van der Waals surface area (Å²) in [4.78, 5) is 15.2. The SMILES string of the molecule is CCCC(=O)c1ncccc1Cl. The van der Waals surface area contributed by atoms with E-state index in [0.29, 0.717) is 17.1 Å². The molecule has 0 aliphatic carbocycles. The molecular weight excluding hydrogens is 174 g/mol. The van der Waals surface area contributed by atoms with Gasteiger partial charge in [0.15, 0.2) is 5.78 Å². The molecule has 0 fully saturated rings. The summed E-state index contributed by atoms with van der Waals surface area (Å²) >= 11 is 5.77. The molecule has 0 amide bonds. The number of ketones is 1. The molecule has 0 aromatic carbocycles. The van der Waals surface area contributed by atoms with Crippen molar-refractivity contribution in [3.05, 3.63) is 29.0 Å². The summed E-state index contributed by atoms with van der Waals surface area (Å²) in [5.41, 5.74) is 0.390. The lowest BCUT2D eigenvalue weighted by molar-refractivity contribution is 0.0977. The van der Waals surface area contributed by atoms with Gasteiger partial charge in [-0.05, 0) is 18.6 Å². The molecule has 0 aliphatic heterocycles. The molecule has 0 saturated heterocycles. The van der Waals surface area contributed by atoms with Crippen molar-refractivity contribution in [3.8, 4) is 0 Å². The van der Waals surface area contributed by atoms with Crippen molar-refractivity contribution in [1.82, 2.24) is 4.98 Å². The molecule has 0 N–H and O–H groups in total. The predicted molar refractivity (Wildman–Crippen MR) is 48.5 cm³/mol. The van der Waals surface area contributed by atoms with E-state index in [9.17, 15) is 4.79 Å². The van der Waals surface area contributed by atoms with Crippen LogP contribution in [-0.4, -0.2) is 10.8 Å². The number of carbonyl (C=O) groups is 1. The first-order chi connectivity index (χ1) is 5.75. The van der Waals surface area contributed by atoms with Gasteiger partial charge in [0.2, 0.25) is 0 Å². The number of pyridine rings is 1. The fourth-order valence-corrected chi connectivity index (χ4v) is 1.16. The zero-order valence-corrected chi connectivity index (χ0v) is 7.64. The largest absolute Gasteiger partial charge is 0.292 e. The van der Waals surface area contributed by atoms with E-state index in [1.54, 1.807) is 18.3 Å². The molecule has 0 radical (unpaired) electrons. The van der Waals surface area contributed by atoms with Crippen LogP contribution in [0, 0.1) is 0 Å². The maximum Gasteiger partial charge on any atom is 0.182 e. The Morgan fingerprint density at radius 2 is 2.42 bits per heavy atom. The molecular formula is C9H10ClNO. The van der Waals surface area contributed by atoms with Gasteiger partial charge in [-0.2, -0.15) is 0 Å². The minimum absolute atomic E-state index is 0.0168. The molecule has 0 aliphatic rings. The van der Waals surface area contributed by atoms with Gasteiger partial charge >= 0.3 is 0 Å². The maximum atomic E-state index is 11.3. The minimum Gasteiger partial charge on any atom is -0.292 e. The Balaban J connectivity index is 2.87. The standard InChI is InChI=1S/C9H10ClNO/c1-2-4-8(12)9-7(10)5-3-6-11-9/h3,5-6H,2,4H2,1H3. The van der Waals surface area contributed by atoms with Crippen molar-refractivity contribution >= 4 is 17.4 Å². The fourth-order valence-electron chi connectivity index (χ4n) is 0.936. The topological polar surface area (TPSA) is 30.0 Å². The van der Waals surface area contributed by atoms with Crippen molar-refractivity contribution in [2.45, 2.75) is 19.8 Å². The molecule has 1 aromatic heterocycles. The van der Waals surface area contributed by atoms with E-state index in [1.165, 1.54) is 0 Å². The van der Waals surface area contributed by atoms with Crippen molar-refractivity contribution < 1.29 is 4.79 Å². The molecule has 0 atom stereocenters. The fraction of sp³-hybridized carbons (Fsp3) is 0.333. The number of hydrogen-bond acceptors (Lipinski definition) is 2. The highest BCUT2D eigenvalue weighted by molar-refractivity contribution is 6.33. The summed E-state index contributed by atoms with van der Waals surface area (Å²) in [7, 11) is 0. The normalized spacial score (nSPS) is 9.83. The van der Waals surface area contributed by atoms with Gasteiger partial charge in [0, 0.05) is 12.6 Å². The van der Waals surface area contributed by atoms with Gasteiger partial charge in [-0.3, -0.25) is 9.78 Å². The summed E-state index contributed by atoms with van der Waals surface area (Å²) in [5, 5.41) is 0.441. The Hall–Kier alpha value is -0.890. The zero-order valence-electron chi connectivity index (χ0n) is 6.88. The van der Waals surface area contributed by atoms with E-state index in [0.717, 1.165) is 6.42 Å². The second-order valence-corrected chi connectivity index (χ2v) is 2.91. The summed E-state index contributed by atoms with van der Waals surface area (Å²) in [6.07, 6.45) is 2.91. The Bertz CT molecular complexity index is 286. The summed E-state index contributed by atoms with van der Waals surface area (Å²) < 4.78 is 0. The number of nitrogens with zero attached hydrogens (tertiary/aromatic N) is 1. The average molecular weight is 184 g/mol. The number of hydrogen-bond donors (Lipinski definition) is 0. The van der Waals surface area contributed by atoms with Crippen LogP contribution >= 0.6 is 11.6 Å². The molecule has 3 heteroatoms. The van der Waals surface area contributed by atoms with Crippen LogP contribution in [0.4, 0.5) is 0 Å². The van der Waals surface area contributed by atoms with Crippen LogP contribution in [0.15, 0.2) is 18.3 Å². The number of rotatable bonds is 3. The van der Waals surface area contributed by atoms with Gasteiger partial charge in [-0.25, -0.2) is 0 Å². The van der Waals surface area contributed by atoms with Gasteiger partial charge in [0.05, 0.1) is 5.02 Å². The highest BCUT2D eigenvalue weighted by Gasteiger charge is 2.09. The minimum atomic E-state index is 0.0168. The van der Waals surface area contributed by atoms with E-state index in [2.05, 4.69) is 4.98 Å². The second-order valence-electron chi connectivity index (χ2n) is 2.51. The molecule has 64 valence electrons. The number of halogens is 1. The Morgan fingerprint density at radius 3 is 3.00 bits per heavy atom. The second kappa shape index (κ2) is 4.21. The monoisotopic (exact) mass is 183 g/mol. The van der Waals surface area contributed by atoms with Crippen LogP contribution in [0.1, 0.15) is 30.3 Å². The number of aromatic nitrogens is 1. The molecule has 0 spiro atoms. The van der Waals surface area contributed by atoms with Crippen LogP contribution in [0.3, 0.4) is 0 Å². The maximum absolute atomic E-state index is 11.3. The van der Waals surface area contributed by atoms with Crippen LogP contribution < -0.4 is 0 Å². The van der Waals surface area contributed by atoms with Crippen LogP contribution in [0.2, 0.25) is 5.02 Å². The van der Waals surface area contributed by atoms with Gasteiger partial charge in [0.25, 0.3) is 0 Å². The van der Waals surface area contributed by atoms with E-state index < -0.39 is 0 Å². The van der Waals surface area contributed by atoms with Crippen molar-refractivity contribution in [2.75, 3.05) is 0 Å². The predicted octanol–water partition coefficient (Wildman–Crippen LogP) is 2.72. The number of carbonyl (C=O) groups excluding carboxylic acids is 1. The third kappa shape index (κ3) is 2.05. The summed E-state index contributed by atoms with van der Waals surface area (Å²) in [5.74, 6) is 0.0168. The zero-order chi connectivity index (χ0) is 8.97. The van der Waals surface area contributed by atoms with E-state index in [-0.39, 0.29) is 5.78 Å². The molecule has 0 unspecified atom stereocenters. The van der Waals surface area contributed by atoms with Crippen molar-refractivity contribution in [3.63, 3.8) is 0 Å². The van der Waals surface area contributed by atoms with E-state index >= 15 is 0 Å². The lowest BCUT2D eigenvalue weighted by Gasteiger charge is -1.99. The van der Waals surface area contributed by atoms with Crippen LogP contribution in [0.25, 0.3) is 0 Å². The van der Waals surface area contributed by atoms with Gasteiger partial charge in [0.1, 0.15) is 5.69 Å². The first kappa shape index (κ1) is 9.20. The van der Waals surface area contributed by atoms with Crippen molar-refractivity contribution in [2.24, 2.45) is 0 Å². The van der Waals surface area contributed by atoms with E-state index in [1.807, 2.05) is 6.92 Å². The quantitative estimate of drug-likeness (QED) is 0.675. The number of Topliss-reactive ketones (excluding diaryl/α,β-unsaturated/α-hetero) is 1. The first-order valence-corrected chi connectivity index (χ1v) is 4.27. The van der Waals surface area contributed by atoms with Gasteiger partial charge < -0.3 is 0 Å². The third-order valence-electron chi connectivity index (χ3n) is 1.50. The summed E-state index contributed by atoms with van der Waals surface area (Å²) in [6.45, 7) is 1.95. The lowest BCUT2D eigenvalue weighted by Crippen LogP contribution is -2.01. The lowest BCUT2D eigenvalue weighted by atomic mass is 10.1. The Labute approximate surface area is 76.6 Å². The first-order valence-electron chi connectivity index (χ1n) is 3.89.